The van der Waals surface area contributed by atoms with E-state index in [9.17, 15) is 38.4 Å². The minimum Gasteiger partial charge on any atom is -0.494 e. The number of aryl methyl sites for hydroxylation is 1. The molecular formula is C44H55F3N8O8. The van der Waals surface area contributed by atoms with Gasteiger partial charge in [-0.3, -0.25) is 14.7 Å². The lowest BCUT2D eigenvalue weighted by Crippen LogP contribution is -2.47. The first kappa shape index (κ1) is 45.3. The minimum absolute atomic E-state index is 0.00274. The number of carbonyl (C=O) groups excluding carboxylic acids is 1. The van der Waals surface area contributed by atoms with Gasteiger partial charge in [0.1, 0.15) is 30.7 Å². The molecule has 19 heteroatoms. The number of ether oxygens (including phenoxy) is 3. The SMILES string of the molecule is COc1cc2nc(C)nc(N[C@H](C)c3cc(N)cc(C(F)(F)F)c3)c2cc1OCC1(CN(C)C(=O)COCCCCNc2cccc3c(O)n(C4CCC(O)NC4O)c(O)c23)CC1. The Morgan fingerprint density at radius 1 is 1.06 bits per heavy atom. The summed E-state index contributed by atoms with van der Waals surface area (Å²) in [5.74, 6) is 1.20. The molecule has 63 heavy (non-hydrogen) atoms. The number of methoxy groups -OCH3 is 1. The predicted molar refractivity (Wildman–Crippen MR) is 231 cm³/mol. The van der Waals surface area contributed by atoms with Crippen LogP contribution in [0.3, 0.4) is 0 Å². The molecule has 7 rings (SSSR count). The molecule has 3 aromatic carbocycles. The standard InChI is InChI=1S/C44H55F3N8O8/c1-24(26-16-27(44(45,46)47)18-28(48)17-26)50-39-30-19-35(34(61-4)20-32(30)51-25(2)52-39)63-23-43(12-13-43)22-54(3)37(57)21-62-15-6-5-14-49-31-9-7-8-29-38(31)42(60)55(41(29)59)33-10-11-36(56)53-40(33)58/h7-9,16-20,24,33,36,40,49,53,56,58-60H,5-6,10-15,21-23,48H2,1-4H3,(H,50,51,52)/t24-,33?,36?,40?/m1/s1. The van der Waals surface area contributed by atoms with Crippen LogP contribution in [0.15, 0.2) is 48.5 Å². The summed E-state index contributed by atoms with van der Waals surface area (Å²) < 4.78 is 59.7. The van der Waals surface area contributed by atoms with Crippen molar-refractivity contribution in [3.05, 3.63) is 65.5 Å². The first-order chi connectivity index (χ1) is 30.0. The van der Waals surface area contributed by atoms with Crippen molar-refractivity contribution >= 4 is 44.8 Å². The highest BCUT2D eigenvalue weighted by Gasteiger charge is 2.45. The summed E-state index contributed by atoms with van der Waals surface area (Å²) in [4.78, 5) is 23.9. The molecule has 0 spiro atoms. The number of aliphatic hydroxyl groups is 2. The molecule has 1 aliphatic carbocycles. The Labute approximate surface area is 362 Å². The number of aliphatic hydroxyl groups excluding tert-OH is 2. The highest BCUT2D eigenvalue weighted by molar-refractivity contribution is 6.02. The molecule has 1 amide bonds. The van der Waals surface area contributed by atoms with Crippen LogP contribution in [-0.2, 0) is 15.7 Å². The van der Waals surface area contributed by atoms with Crippen molar-refractivity contribution < 1.29 is 52.6 Å². The van der Waals surface area contributed by atoms with Crippen LogP contribution in [0.2, 0.25) is 0 Å². The van der Waals surface area contributed by atoms with E-state index in [2.05, 4.69) is 25.9 Å². The van der Waals surface area contributed by atoms with E-state index in [0.29, 0.717) is 108 Å². The van der Waals surface area contributed by atoms with Gasteiger partial charge in [0.15, 0.2) is 11.5 Å². The number of amides is 1. The number of unbranched alkanes of at least 4 members (excludes halogenated alkanes) is 1. The number of nitrogen functional groups attached to an aromatic ring is 1. The number of likely N-dealkylation sites (N-methyl/N-ethyl adjacent to an activating group) is 1. The second-order valence-corrected chi connectivity index (χ2v) is 16.6. The lowest BCUT2D eigenvalue weighted by atomic mass is 10.0. The van der Waals surface area contributed by atoms with Gasteiger partial charge >= 0.3 is 6.18 Å². The largest absolute Gasteiger partial charge is 0.494 e. The van der Waals surface area contributed by atoms with E-state index in [1.54, 1.807) is 56.1 Å². The molecule has 1 saturated carbocycles. The average Bonchev–Trinajstić information content (AvgIpc) is 3.95. The summed E-state index contributed by atoms with van der Waals surface area (Å²) in [6.07, 6.45) is -2.82. The summed E-state index contributed by atoms with van der Waals surface area (Å²) >= 11 is 0. The fraction of sp³-hybridized carbons (Fsp3) is 0.477. The van der Waals surface area contributed by atoms with Crippen LogP contribution in [0.1, 0.15) is 74.5 Å². The van der Waals surface area contributed by atoms with Gasteiger partial charge in [0.25, 0.3) is 0 Å². The van der Waals surface area contributed by atoms with Crippen LogP contribution < -0.4 is 31.2 Å². The van der Waals surface area contributed by atoms with Crippen LogP contribution >= 0.6 is 0 Å². The van der Waals surface area contributed by atoms with Gasteiger partial charge in [-0.05, 0) is 94.3 Å². The predicted octanol–water partition coefficient (Wildman–Crippen LogP) is 6.17. The second kappa shape index (κ2) is 18.5. The number of hydrogen-bond acceptors (Lipinski definition) is 14. The number of benzene rings is 3. The Bertz CT molecular complexity index is 2450. The van der Waals surface area contributed by atoms with Gasteiger partial charge < -0.3 is 55.9 Å². The Balaban J connectivity index is 0.893. The van der Waals surface area contributed by atoms with E-state index in [0.717, 1.165) is 25.0 Å². The van der Waals surface area contributed by atoms with Crippen LogP contribution in [0.25, 0.3) is 21.7 Å². The van der Waals surface area contributed by atoms with E-state index >= 15 is 0 Å². The van der Waals surface area contributed by atoms with E-state index in [-0.39, 0.29) is 35.4 Å². The fourth-order valence-corrected chi connectivity index (χ4v) is 8.12. The number of halogens is 3. The minimum atomic E-state index is -4.55. The van der Waals surface area contributed by atoms with Crippen molar-refractivity contribution in [3.8, 4) is 23.3 Å². The average molecular weight is 881 g/mol. The molecule has 2 aromatic heterocycles. The van der Waals surface area contributed by atoms with Gasteiger partial charge in [0, 0.05) is 60.4 Å². The summed E-state index contributed by atoms with van der Waals surface area (Å²) in [5, 5.41) is 53.0. The smallest absolute Gasteiger partial charge is 0.416 e. The maximum atomic E-state index is 13.6. The monoisotopic (exact) mass is 880 g/mol. The molecule has 16 nitrogen and oxygen atoms in total. The molecule has 1 aliphatic heterocycles. The number of rotatable bonds is 18. The summed E-state index contributed by atoms with van der Waals surface area (Å²) in [5.41, 5.74) is 6.23. The molecule has 1 saturated heterocycles. The van der Waals surface area contributed by atoms with E-state index in [1.807, 2.05) is 0 Å². The number of nitrogens with two attached hydrogens (primary N) is 1. The number of piperidine rings is 1. The number of carbonyl (C=O) groups is 1. The Kier molecular flexibility index (Phi) is 13.3. The lowest BCUT2D eigenvalue weighted by Gasteiger charge is -2.33. The molecule has 5 aromatic rings. The quantitative estimate of drug-likeness (QED) is 0.0364. The van der Waals surface area contributed by atoms with Gasteiger partial charge in [-0.15, -0.1) is 0 Å². The number of alkyl halides is 3. The van der Waals surface area contributed by atoms with E-state index in [4.69, 9.17) is 19.9 Å². The van der Waals surface area contributed by atoms with Gasteiger partial charge in [-0.25, -0.2) is 9.97 Å². The maximum absolute atomic E-state index is 13.6. The van der Waals surface area contributed by atoms with Gasteiger partial charge in [-0.1, -0.05) is 6.07 Å². The molecule has 9 N–H and O–H groups in total. The number of aromatic nitrogens is 3. The number of anilines is 3. The summed E-state index contributed by atoms with van der Waals surface area (Å²) in [6.45, 7) is 5.00. The lowest BCUT2D eigenvalue weighted by molar-refractivity contribution is -0.137. The maximum Gasteiger partial charge on any atom is 0.416 e. The van der Waals surface area contributed by atoms with Crippen LogP contribution in [0, 0.1) is 12.3 Å². The number of hydrogen-bond donors (Lipinski definition) is 8. The molecule has 3 heterocycles. The summed E-state index contributed by atoms with van der Waals surface area (Å²) in [6, 6.07) is 10.9. The third-order valence-electron chi connectivity index (χ3n) is 11.8. The molecule has 2 aliphatic rings. The van der Waals surface area contributed by atoms with Crippen LogP contribution in [0.4, 0.5) is 30.4 Å². The van der Waals surface area contributed by atoms with E-state index in [1.165, 1.54) is 17.7 Å². The van der Waals surface area contributed by atoms with Crippen molar-refractivity contribution in [1.82, 2.24) is 24.8 Å². The zero-order chi connectivity index (χ0) is 45.2. The van der Waals surface area contributed by atoms with Crippen LogP contribution in [0.5, 0.6) is 23.3 Å². The molecule has 3 unspecified atom stereocenters. The fourth-order valence-electron chi connectivity index (χ4n) is 8.12. The number of nitrogens with zero attached hydrogens (tertiary/aromatic N) is 4. The normalized spacial score (nSPS) is 18.9. The topological polar surface area (TPSA) is 222 Å². The van der Waals surface area contributed by atoms with Crippen molar-refractivity contribution in [2.75, 3.05) is 63.4 Å². The highest BCUT2D eigenvalue weighted by atomic mass is 19.4. The molecule has 340 valence electrons. The first-order valence-corrected chi connectivity index (χ1v) is 20.9. The molecular weight excluding hydrogens is 826 g/mol. The number of fused-ring (bicyclic) bond motifs is 2. The third-order valence-corrected chi connectivity index (χ3v) is 11.8. The second-order valence-electron chi connectivity index (χ2n) is 16.6. The molecule has 2 fully saturated rings. The van der Waals surface area contributed by atoms with Gasteiger partial charge in [-0.2, -0.15) is 13.2 Å². The zero-order valence-electron chi connectivity index (χ0n) is 35.6. The zero-order valence-corrected chi connectivity index (χ0v) is 35.6. The molecule has 0 bridgehead atoms. The highest BCUT2D eigenvalue weighted by Crippen LogP contribution is 2.48. The number of nitrogens with one attached hydrogen (secondary N) is 3. The Morgan fingerprint density at radius 3 is 2.56 bits per heavy atom. The summed E-state index contributed by atoms with van der Waals surface area (Å²) in [7, 11) is 3.26. The van der Waals surface area contributed by atoms with Crippen molar-refractivity contribution in [2.24, 2.45) is 5.41 Å². The van der Waals surface area contributed by atoms with Crippen molar-refractivity contribution in [3.63, 3.8) is 0 Å². The van der Waals surface area contributed by atoms with Gasteiger partial charge in [0.05, 0.1) is 42.3 Å². The van der Waals surface area contributed by atoms with Crippen molar-refractivity contribution in [2.45, 2.75) is 83.1 Å². The van der Waals surface area contributed by atoms with E-state index < -0.39 is 36.3 Å². The molecule has 4 atom stereocenters. The van der Waals surface area contributed by atoms with Gasteiger partial charge in [0.2, 0.25) is 17.7 Å². The third kappa shape index (κ3) is 10.2. The Morgan fingerprint density at radius 2 is 1.84 bits per heavy atom. The Hall–Kier alpha value is -5.76. The van der Waals surface area contributed by atoms with Crippen LogP contribution in [-0.4, -0.2) is 105 Å². The number of aromatic hydroxyl groups is 2. The molecule has 0 radical (unpaired) electrons. The first-order valence-electron chi connectivity index (χ1n) is 20.9. The van der Waals surface area contributed by atoms with Crippen molar-refractivity contribution in [1.29, 1.82) is 0 Å².